The third-order valence-corrected chi connectivity index (χ3v) is 4.97. The highest BCUT2D eigenvalue weighted by atomic mass is 14.3. The van der Waals surface area contributed by atoms with Crippen molar-refractivity contribution in [2.75, 3.05) is 0 Å². The van der Waals surface area contributed by atoms with Gasteiger partial charge in [0.15, 0.2) is 0 Å². The van der Waals surface area contributed by atoms with Crippen molar-refractivity contribution in [3.63, 3.8) is 0 Å². The van der Waals surface area contributed by atoms with Crippen LogP contribution in [0.4, 0.5) is 0 Å². The Morgan fingerprint density at radius 3 is 2.37 bits per heavy atom. The molecule has 0 radical (unpaired) electrons. The second kappa shape index (κ2) is 5.94. The molecule has 0 nitrogen and oxygen atoms in total. The zero-order chi connectivity index (χ0) is 13.9. The van der Waals surface area contributed by atoms with Gasteiger partial charge in [-0.25, -0.2) is 0 Å². The number of rotatable bonds is 3. The predicted octanol–water partition coefficient (Wildman–Crippen LogP) is 5.86. The highest BCUT2D eigenvalue weighted by Crippen LogP contribution is 2.42. The summed E-state index contributed by atoms with van der Waals surface area (Å²) in [6.45, 7) is 9.36. The second-order valence-corrected chi connectivity index (χ2v) is 6.93. The molecule has 0 aromatic heterocycles. The average Bonchev–Trinajstić information content (AvgIpc) is 2.38. The maximum Gasteiger partial charge on any atom is -0.0143 e. The van der Waals surface area contributed by atoms with E-state index >= 15 is 0 Å². The van der Waals surface area contributed by atoms with Crippen LogP contribution >= 0.6 is 0 Å². The van der Waals surface area contributed by atoms with Crippen molar-refractivity contribution in [1.82, 2.24) is 0 Å². The number of benzene rings is 1. The minimum absolute atomic E-state index is 0.410. The van der Waals surface area contributed by atoms with E-state index in [0.29, 0.717) is 5.41 Å². The average molecular weight is 256 g/mol. The van der Waals surface area contributed by atoms with Crippen molar-refractivity contribution in [2.24, 2.45) is 17.3 Å². The molecule has 1 aliphatic carbocycles. The first-order valence-corrected chi connectivity index (χ1v) is 7.75. The van der Waals surface area contributed by atoms with E-state index in [0.717, 1.165) is 11.8 Å². The molecule has 1 aliphatic rings. The van der Waals surface area contributed by atoms with Crippen molar-refractivity contribution in [1.29, 1.82) is 0 Å². The Bertz CT molecular complexity index is 431. The lowest BCUT2D eigenvalue weighted by Crippen LogP contribution is -2.24. The van der Waals surface area contributed by atoms with Crippen LogP contribution in [0.5, 0.6) is 0 Å². The molecule has 0 saturated heterocycles. The molecule has 0 amide bonds. The van der Waals surface area contributed by atoms with Crippen LogP contribution in [0.2, 0.25) is 0 Å². The van der Waals surface area contributed by atoms with Crippen LogP contribution < -0.4 is 0 Å². The highest BCUT2D eigenvalue weighted by Gasteiger charge is 2.29. The zero-order valence-electron chi connectivity index (χ0n) is 12.9. The molecule has 1 aromatic rings. The van der Waals surface area contributed by atoms with Gasteiger partial charge in [0.1, 0.15) is 0 Å². The van der Waals surface area contributed by atoms with Crippen LogP contribution in [0.3, 0.4) is 0 Å². The SMILES string of the molecule is Cc1ccccc1/C=C/C1(C)CCC(C(C)C)CC1. The molecule has 0 bridgehead atoms. The number of allylic oxidation sites excluding steroid dienone is 1. The quantitative estimate of drug-likeness (QED) is 0.635. The minimum Gasteiger partial charge on any atom is -0.0780 e. The largest absolute Gasteiger partial charge is 0.0780 e. The second-order valence-electron chi connectivity index (χ2n) is 6.93. The normalized spacial score (nSPS) is 28.2. The van der Waals surface area contributed by atoms with Crippen molar-refractivity contribution in [2.45, 2.75) is 53.4 Å². The van der Waals surface area contributed by atoms with E-state index in [1.165, 1.54) is 36.8 Å². The molecule has 0 aliphatic heterocycles. The molecule has 1 saturated carbocycles. The Labute approximate surface area is 118 Å². The Balaban J connectivity index is 2.01. The fraction of sp³-hybridized carbons (Fsp3) is 0.579. The number of aryl methyl sites for hydroxylation is 1. The van der Waals surface area contributed by atoms with E-state index in [1.54, 1.807) is 0 Å². The van der Waals surface area contributed by atoms with Gasteiger partial charge in [0.05, 0.1) is 0 Å². The molecule has 1 aromatic carbocycles. The molecule has 0 heterocycles. The molecule has 0 N–H and O–H groups in total. The van der Waals surface area contributed by atoms with Crippen LogP contribution in [-0.2, 0) is 0 Å². The van der Waals surface area contributed by atoms with Gasteiger partial charge >= 0.3 is 0 Å². The third kappa shape index (κ3) is 3.72. The smallest absolute Gasteiger partial charge is 0.0143 e. The molecule has 0 spiro atoms. The van der Waals surface area contributed by atoms with Gasteiger partial charge in [0, 0.05) is 0 Å². The summed E-state index contributed by atoms with van der Waals surface area (Å²) >= 11 is 0. The molecule has 0 heteroatoms. The first kappa shape index (κ1) is 14.4. The van der Waals surface area contributed by atoms with Gasteiger partial charge in [0.25, 0.3) is 0 Å². The zero-order valence-corrected chi connectivity index (χ0v) is 12.9. The van der Waals surface area contributed by atoms with Gasteiger partial charge in [0.2, 0.25) is 0 Å². The molecule has 0 unspecified atom stereocenters. The predicted molar refractivity (Wildman–Crippen MR) is 85.1 cm³/mol. The van der Waals surface area contributed by atoms with E-state index in [-0.39, 0.29) is 0 Å². The van der Waals surface area contributed by atoms with Crippen LogP contribution in [0.25, 0.3) is 6.08 Å². The summed E-state index contributed by atoms with van der Waals surface area (Å²) in [7, 11) is 0. The standard InChI is InChI=1S/C19H28/c1-15(2)17-9-12-19(4,13-10-17)14-11-18-8-6-5-7-16(18)3/h5-8,11,14-15,17H,9-10,12-13H2,1-4H3/b14-11+. The molecule has 19 heavy (non-hydrogen) atoms. The lowest BCUT2D eigenvalue weighted by Gasteiger charge is -2.37. The Morgan fingerprint density at radius 1 is 1.16 bits per heavy atom. The summed E-state index contributed by atoms with van der Waals surface area (Å²) in [5.74, 6) is 1.80. The monoisotopic (exact) mass is 256 g/mol. The van der Waals surface area contributed by atoms with Gasteiger partial charge < -0.3 is 0 Å². The molecule has 0 atom stereocenters. The molecule has 2 rings (SSSR count). The van der Waals surface area contributed by atoms with Gasteiger partial charge in [-0.3, -0.25) is 0 Å². The first-order chi connectivity index (χ1) is 9.00. The summed E-state index contributed by atoms with van der Waals surface area (Å²) in [4.78, 5) is 0. The minimum atomic E-state index is 0.410. The van der Waals surface area contributed by atoms with Crippen LogP contribution in [-0.4, -0.2) is 0 Å². The van der Waals surface area contributed by atoms with E-state index in [1.807, 2.05) is 0 Å². The molecular formula is C19H28. The summed E-state index contributed by atoms with van der Waals surface area (Å²) in [5.41, 5.74) is 3.15. The Hall–Kier alpha value is -1.04. The molecular weight excluding hydrogens is 228 g/mol. The summed E-state index contributed by atoms with van der Waals surface area (Å²) in [5, 5.41) is 0. The lowest BCUT2D eigenvalue weighted by atomic mass is 9.69. The van der Waals surface area contributed by atoms with Crippen molar-refractivity contribution in [3.05, 3.63) is 41.5 Å². The van der Waals surface area contributed by atoms with E-state index in [9.17, 15) is 0 Å². The van der Waals surface area contributed by atoms with Crippen LogP contribution in [0.1, 0.15) is 57.6 Å². The van der Waals surface area contributed by atoms with Gasteiger partial charge in [-0.15, -0.1) is 0 Å². The van der Waals surface area contributed by atoms with Gasteiger partial charge in [-0.1, -0.05) is 57.2 Å². The third-order valence-electron chi connectivity index (χ3n) is 4.97. The fourth-order valence-corrected chi connectivity index (χ4v) is 3.20. The van der Waals surface area contributed by atoms with Crippen LogP contribution in [0.15, 0.2) is 30.3 Å². The lowest BCUT2D eigenvalue weighted by molar-refractivity contribution is 0.185. The molecule has 104 valence electrons. The molecule has 1 fully saturated rings. The maximum absolute atomic E-state index is 2.46. The topological polar surface area (TPSA) is 0 Å². The summed E-state index contributed by atoms with van der Waals surface area (Å²) in [6.07, 6.45) is 10.3. The van der Waals surface area contributed by atoms with Crippen molar-refractivity contribution < 1.29 is 0 Å². The summed E-state index contributed by atoms with van der Waals surface area (Å²) in [6, 6.07) is 8.65. The van der Waals surface area contributed by atoms with E-state index in [2.05, 4.69) is 64.1 Å². The Morgan fingerprint density at radius 2 is 1.79 bits per heavy atom. The Kier molecular flexibility index (Phi) is 4.50. The first-order valence-electron chi connectivity index (χ1n) is 7.75. The van der Waals surface area contributed by atoms with Gasteiger partial charge in [-0.2, -0.15) is 0 Å². The highest BCUT2D eigenvalue weighted by molar-refractivity contribution is 5.54. The number of hydrogen-bond donors (Lipinski definition) is 0. The van der Waals surface area contributed by atoms with Crippen LogP contribution in [0, 0.1) is 24.2 Å². The van der Waals surface area contributed by atoms with Crippen molar-refractivity contribution >= 4 is 6.08 Å². The number of hydrogen-bond acceptors (Lipinski definition) is 0. The van der Waals surface area contributed by atoms with E-state index < -0.39 is 0 Å². The van der Waals surface area contributed by atoms with E-state index in [4.69, 9.17) is 0 Å². The summed E-state index contributed by atoms with van der Waals surface area (Å²) < 4.78 is 0. The fourth-order valence-electron chi connectivity index (χ4n) is 3.20. The maximum atomic E-state index is 2.46. The van der Waals surface area contributed by atoms with Gasteiger partial charge in [-0.05, 0) is 61.0 Å². The van der Waals surface area contributed by atoms with Crippen molar-refractivity contribution in [3.8, 4) is 0 Å².